The molecule has 0 saturated carbocycles. The summed E-state index contributed by atoms with van der Waals surface area (Å²) in [5.41, 5.74) is 2.01. The molecule has 0 bridgehead atoms. The van der Waals surface area contributed by atoms with Gasteiger partial charge in [0, 0.05) is 11.1 Å². The molecule has 0 spiro atoms. The van der Waals surface area contributed by atoms with Gasteiger partial charge in [-0.15, -0.1) is 0 Å². The van der Waals surface area contributed by atoms with E-state index in [1.807, 2.05) is 25.1 Å². The van der Waals surface area contributed by atoms with E-state index in [0.717, 1.165) is 5.56 Å². The second-order valence-corrected chi connectivity index (χ2v) is 7.91. The summed E-state index contributed by atoms with van der Waals surface area (Å²) in [4.78, 5) is 24.9. The number of benzene rings is 2. The van der Waals surface area contributed by atoms with E-state index in [9.17, 15) is 9.59 Å². The number of hydrogen-bond acceptors (Lipinski definition) is 2. The molecular formula is C16H12Br2O2. The van der Waals surface area contributed by atoms with Crippen LogP contribution in [0.25, 0.3) is 0 Å². The molecule has 102 valence electrons. The van der Waals surface area contributed by atoms with E-state index in [4.69, 9.17) is 0 Å². The number of alkyl halides is 2. The second-order valence-electron chi connectivity index (χ2n) is 4.46. The highest BCUT2D eigenvalue weighted by molar-refractivity contribution is 9.26. The fourth-order valence-corrected chi connectivity index (χ4v) is 2.68. The van der Waals surface area contributed by atoms with Crippen molar-refractivity contribution in [1.29, 1.82) is 0 Å². The zero-order valence-electron chi connectivity index (χ0n) is 10.8. The molecule has 0 fully saturated rings. The Balaban J connectivity index is 2.32. The van der Waals surface area contributed by atoms with Gasteiger partial charge in [-0.3, -0.25) is 9.59 Å². The lowest BCUT2D eigenvalue weighted by Crippen LogP contribution is -2.34. The summed E-state index contributed by atoms with van der Waals surface area (Å²) in [6.45, 7) is 1.94. The molecule has 4 heteroatoms. The monoisotopic (exact) mass is 394 g/mol. The lowest BCUT2D eigenvalue weighted by Gasteiger charge is -2.18. The maximum Gasteiger partial charge on any atom is 0.205 e. The molecule has 2 nitrogen and oxygen atoms in total. The molecule has 2 aromatic rings. The van der Waals surface area contributed by atoms with E-state index in [1.54, 1.807) is 36.4 Å². The van der Waals surface area contributed by atoms with Crippen molar-refractivity contribution in [2.24, 2.45) is 0 Å². The third-order valence-corrected chi connectivity index (χ3v) is 4.36. The van der Waals surface area contributed by atoms with Crippen molar-refractivity contribution in [3.05, 3.63) is 71.3 Å². The van der Waals surface area contributed by atoms with Gasteiger partial charge in [-0.05, 0) is 6.92 Å². The number of aryl methyl sites for hydroxylation is 1. The molecular weight excluding hydrogens is 384 g/mol. The average Bonchev–Trinajstić information content (AvgIpc) is 2.47. The van der Waals surface area contributed by atoms with Crippen molar-refractivity contribution >= 4 is 43.4 Å². The first-order chi connectivity index (χ1) is 9.43. The van der Waals surface area contributed by atoms with E-state index in [2.05, 4.69) is 31.9 Å². The van der Waals surface area contributed by atoms with Crippen molar-refractivity contribution in [3.63, 3.8) is 0 Å². The minimum Gasteiger partial charge on any atom is -0.291 e. The van der Waals surface area contributed by atoms with Crippen molar-refractivity contribution < 1.29 is 9.59 Å². The van der Waals surface area contributed by atoms with Crippen LogP contribution in [0.15, 0.2) is 54.6 Å². The van der Waals surface area contributed by atoms with Gasteiger partial charge >= 0.3 is 0 Å². The van der Waals surface area contributed by atoms with Gasteiger partial charge in [0.2, 0.25) is 3.23 Å². The second kappa shape index (κ2) is 6.02. The Morgan fingerprint density at radius 3 is 1.75 bits per heavy atom. The van der Waals surface area contributed by atoms with Gasteiger partial charge in [-0.2, -0.15) is 0 Å². The Bertz CT molecular complexity index is 631. The number of carbonyl (C=O) groups excluding carboxylic acids is 2. The number of ketones is 2. The molecule has 0 aliphatic heterocycles. The number of carbonyl (C=O) groups is 2. The van der Waals surface area contributed by atoms with Crippen LogP contribution in [0.4, 0.5) is 0 Å². The Kier molecular flexibility index (Phi) is 4.55. The summed E-state index contributed by atoms with van der Waals surface area (Å²) in [7, 11) is 0. The first-order valence-electron chi connectivity index (χ1n) is 6.02. The largest absolute Gasteiger partial charge is 0.291 e. The fraction of sp³-hybridized carbons (Fsp3) is 0.125. The molecule has 2 aromatic carbocycles. The van der Waals surface area contributed by atoms with Crippen LogP contribution < -0.4 is 0 Å². The summed E-state index contributed by atoms with van der Waals surface area (Å²) in [6.07, 6.45) is 0. The molecule has 0 aliphatic rings. The quantitative estimate of drug-likeness (QED) is 0.432. The van der Waals surface area contributed by atoms with E-state index in [-0.39, 0.29) is 11.6 Å². The third kappa shape index (κ3) is 3.07. The normalized spacial score (nSPS) is 11.2. The molecule has 0 radical (unpaired) electrons. The van der Waals surface area contributed by atoms with Gasteiger partial charge in [0.15, 0.2) is 11.6 Å². The molecule has 0 saturated heterocycles. The van der Waals surface area contributed by atoms with E-state index in [1.165, 1.54) is 0 Å². The smallest absolute Gasteiger partial charge is 0.205 e. The van der Waals surface area contributed by atoms with E-state index < -0.39 is 3.23 Å². The average molecular weight is 396 g/mol. The maximum absolute atomic E-state index is 12.5. The van der Waals surface area contributed by atoms with Gasteiger partial charge in [0.1, 0.15) is 0 Å². The first kappa shape index (κ1) is 15.1. The van der Waals surface area contributed by atoms with Crippen LogP contribution in [0, 0.1) is 6.92 Å². The molecule has 0 amide bonds. The van der Waals surface area contributed by atoms with Crippen LogP contribution in [0.1, 0.15) is 26.3 Å². The molecule has 20 heavy (non-hydrogen) atoms. The molecule has 0 aliphatic carbocycles. The molecule has 0 N–H and O–H groups in total. The number of hydrogen-bond donors (Lipinski definition) is 0. The molecule has 0 unspecified atom stereocenters. The highest BCUT2D eigenvalue weighted by Gasteiger charge is 2.41. The number of rotatable bonds is 4. The highest BCUT2D eigenvalue weighted by Crippen LogP contribution is 2.34. The Hall–Kier alpha value is -1.26. The Morgan fingerprint density at radius 2 is 1.25 bits per heavy atom. The van der Waals surface area contributed by atoms with Crippen LogP contribution in [-0.2, 0) is 0 Å². The standard InChI is InChI=1S/C16H12Br2O2/c1-11-7-9-13(10-8-11)15(20)16(17,18)14(19)12-5-3-2-4-6-12/h2-10H,1H3. The van der Waals surface area contributed by atoms with Crippen molar-refractivity contribution in [2.45, 2.75) is 10.2 Å². The van der Waals surface area contributed by atoms with Gasteiger partial charge in [0.05, 0.1) is 0 Å². The minimum atomic E-state index is -1.43. The van der Waals surface area contributed by atoms with Crippen molar-refractivity contribution in [2.75, 3.05) is 0 Å². The minimum absolute atomic E-state index is 0.314. The van der Waals surface area contributed by atoms with Crippen LogP contribution in [0.5, 0.6) is 0 Å². The third-order valence-electron chi connectivity index (χ3n) is 2.92. The fourth-order valence-electron chi connectivity index (χ4n) is 1.76. The van der Waals surface area contributed by atoms with Crippen LogP contribution in [0.3, 0.4) is 0 Å². The summed E-state index contributed by atoms with van der Waals surface area (Å²) in [6, 6.07) is 15.8. The summed E-state index contributed by atoms with van der Waals surface area (Å²) in [5.74, 6) is -0.630. The van der Waals surface area contributed by atoms with Crippen molar-refractivity contribution in [3.8, 4) is 0 Å². The summed E-state index contributed by atoms with van der Waals surface area (Å²) in [5, 5.41) is 0. The number of Topliss-reactive ketones (excluding diaryl/α,β-unsaturated/α-hetero) is 2. The van der Waals surface area contributed by atoms with Crippen LogP contribution >= 0.6 is 31.9 Å². The van der Waals surface area contributed by atoms with E-state index >= 15 is 0 Å². The van der Waals surface area contributed by atoms with E-state index in [0.29, 0.717) is 11.1 Å². The zero-order chi connectivity index (χ0) is 14.8. The van der Waals surface area contributed by atoms with Gasteiger partial charge in [-0.1, -0.05) is 92.0 Å². The lowest BCUT2D eigenvalue weighted by molar-refractivity contribution is 0.0894. The van der Waals surface area contributed by atoms with Gasteiger partial charge in [0.25, 0.3) is 0 Å². The van der Waals surface area contributed by atoms with Crippen LogP contribution in [0.2, 0.25) is 0 Å². The molecule has 0 aromatic heterocycles. The SMILES string of the molecule is Cc1ccc(C(=O)C(Br)(Br)C(=O)c2ccccc2)cc1. The van der Waals surface area contributed by atoms with Crippen LogP contribution in [-0.4, -0.2) is 14.8 Å². The zero-order valence-corrected chi connectivity index (χ0v) is 13.9. The molecule has 2 rings (SSSR count). The van der Waals surface area contributed by atoms with Gasteiger partial charge in [-0.25, -0.2) is 0 Å². The summed E-state index contributed by atoms with van der Waals surface area (Å²) >= 11 is 6.44. The molecule has 0 heterocycles. The lowest BCUT2D eigenvalue weighted by atomic mass is 10.0. The Labute approximate surface area is 134 Å². The van der Waals surface area contributed by atoms with Gasteiger partial charge < -0.3 is 0 Å². The predicted molar refractivity (Wildman–Crippen MR) is 86.9 cm³/mol. The Morgan fingerprint density at radius 1 is 0.800 bits per heavy atom. The first-order valence-corrected chi connectivity index (χ1v) is 7.60. The van der Waals surface area contributed by atoms with Crippen molar-refractivity contribution in [1.82, 2.24) is 0 Å². The topological polar surface area (TPSA) is 34.1 Å². The highest BCUT2D eigenvalue weighted by atomic mass is 79.9. The predicted octanol–water partition coefficient (Wildman–Crippen LogP) is 4.55. The number of halogens is 2. The summed E-state index contributed by atoms with van der Waals surface area (Å²) < 4.78 is -1.43. The molecule has 0 atom stereocenters. The maximum atomic E-state index is 12.5.